The zero-order chi connectivity index (χ0) is 22.9. The molecule has 170 valence electrons. The van der Waals surface area contributed by atoms with Crippen LogP contribution in [0.4, 0.5) is 5.69 Å². The minimum absolute atomic E-state index is 0.428. The molecule has 2 aliphatic rings. The summed E-state index contributed by atoms with van der Waals surface area (Å²) in [7, 11) is 4.13. The summed E-state index contributed by atoms with van der Waals surface area (Å²) in [5.74, 6) is 0.969. The van der Waals surface area contributed by atoms with Gasteiger partial charge in [0.2, 0.25) is 0 Å². The first-order valence-corrected chi connectivity index (χ1v) is 11.7. The minimum atomic E-state index is 0.428. The fourth-order valence-electron chi connectivity index (χ4n) is 5.24. The minimum Gasteiger partial charge on any atom is -0.492 e. The third-order valence-electron chi connectivity index (χ3n) is 6.95. The van der Waals surface area contributed by atoms with Crippen molar-refractivity contribution in [3.8, 4) is 11.8 Å². The van der Waals surface area contributed by atoms with Crippen molar-refractivity contribution in [2.45, 2.75) is 32.0 Å². The molecule has 0 N–H and O–H groups in total. The standard InChI is InChI=1S/C27H31N5O/c1-19-16-31(26-9-7-21(15-28)27-25(26)5-4-10-29-27)18-23-13-20-6-8-24(33-12-11-30(2)3)14-22(20)17-32(19)23/h4-10,14,19,23H,11-13,16-18H2,1-3H3/t19-,23+/m1/s1. The van der Waals surface area contributed by atoms with E-state index in [4.69, 9.17) is 4.74 Å². The second-order valence-electron chi connectivity index (χ2n) is 9.51. The van der Waals surface area contributed by atoms with Crippen LogP contribution in [0.3, 0.4) is 0 Å². The van der Waals surface area contributed by atoms with E-state index in [-0.39, 0.29) is 0 Å². The van der Waals surface area contributed by atoms with Crippen LogP contribution in [0, 0.1) is 11.3 Å². The van der Waals surface area contributed by atoms with Crippen molar-refractivity contribution in [2.75, 3.05) is 45.2 Å². The molecule has 1 fully saturated rings. The highest BCUT2D eigenvalue weighted by atomic mass is 16.5. The number of rotatable bonds is 5. The molecule has 3 heterocycles. The molecule has 0 spiro atoms. The summed E-state index contributed by atoms with van der Waals surface area (Å²) in [5, 5.41) is 10.6. The Kier molecular flexibility index (Phi) is 5.92. The van der Waals surface area contributed by atoms with Gasteiger partial charge in [-0.05, 0) is 75.0 Å². The first-order chi connectivity index (χ1) is 16.0. The van der Waals surface area contributed by atoms with Gasteiger partial charge >= 0.3 is 0 Å². The van der Waals surface area contributed by atoms with Gasteiger partial charge < -0.3 is 14.5 Å². The van der Waals surface area contributed by atoms with Gasteiger partial charge in [-0.2, -0.15) is 5.26 Å². The average Bonchev–Trinajstić information content (AvgIpc) is 2.82. The van der Waals surface area contributed by atoms with Gasteiger partial charge in [0.25, 0.3) is 0 Å². The lowest BCUT2D eigenvalue weighted by atomic mass is 9.90. The number of ether oxygens (including phenoxy) is 1. The quantitative estimate of drug-likeness (QED) is 0.602. The predicted octanol–water partition coefficient (Wildman–Crippen LogP) is 3.68. The summed E-state index contributed by atoms with van der Waals surface area (Å²) >= 11 is 0. The molecule has 1 saturated heterocycles. The van der Waals surface area contributed by atoms with Crippen LogP contribution >= 0.6 is 0 Å². The van der Waals surface area contributed by atoms with Gasteiger partial charge in [-0.25, -0.2) is 0 Å². The Balaban J connectivity index is 1.37. The molecule has 0 saturated carbocycles. The molecule has 0 bridgehead atoms. The maximum atomic E-state index is 9.50. The zero-order valence-electron chi connectivity index (χ0n) is 19.7. The van der Waals surface area contributed by atoms with Crippen LogP contribution in [0.25, 0.3) is 10.9 Å². The normalized spacial score (nSPS) is 20.4. The number of anilines is 1. The fourth-order valence-corrected chi connectivity index (χ4v) is 5.24. The molecule has 5 rings (SSSR count). The number of fused-ring (bicyclic) bond motifs is 3. The van der Waals surface area contributed by atoms with E-state index in [1.807, 2.05) is 12.1 Å². The summed E-state index contributed by atoms with van der Waals surface area (Å²) < 4.78 is 5.98. The van der Waals surface area contributed by atoms with E-state index in [0.717, 1.165) is 49.3 Å². The number of hydrogen-bond acceptors (Lipinski definition) is 6. The Morgan fingerprint density at radius 3 is 2.85 bits per heavy atom. The molecule has 2 aromatic carbocycles. The van der Waals surface area contributed by atoms with Crippen LogP contribution in [0.5, 0.6) is 5.75 Å². The van der Waals surface area contributed by atoms with Gasteiger partial charge in [0.15, 0.2) is 0 Å². The van der Waals surface area contributed by atoms with E-state index in [1.54, 1.807) is 6.20 Å². The third kappa shape index (κ3) is 4.27. The molecule has 6 nitrogen and oxygen atoms in total. The number of pyridine rings is 1. The number of nitrogens with zero attached hydrogens (tertiary/aromatic N) is 5. The highest BCUT2D eigenvalue weighted by Gasteiger charge is 2.36. The zero-order valence-corrected chi connectivity index (χ0v) is 19.7. The third-order valence-corrected chi connectivity index (χ3v) is 6.95. The summed E-state index contributed by atoms with van der Waals surface area (Å²) in [6.45, 7) is 6.84. The second kappa shape index (κ2) is 9.01. The smallest absolute Gasteiger partial charge is 0.119 e. The van der Waals surface area contributed by atoms with E-state index in [1.165, 1.54) is 16.8 Å². The van der Waals surface area contributed by atoms with E-state index in [9.17, 15) is 5.26 Å². The van der Waals surface area contributed by atoms with Crippen molar-refractivity contribution in [3.05, 3.63) is 65.4 Å². The molecule has 0 amide bonds. The Bertz CT molecular complexity index is 1200. The van der Waals surface area contributed by atoms with E-state index >= 15 is 0 Å². The van der Waals surface area contributed by atoms with Gasteiger partial charge in [0.05, 0.1) is 11.1 Å². The first kappa shape index (κ1) is 21.7. The maximum Gasteiger partial charge on any atom is 0.119 e. The molecule has 6 heteroatoms. The molecule has 0 aliphatic carbocycles. The predicted molar refractivity (Wildman–Crippen MR) is 132 cm³/mol. The number of hydrogen-bond donors (Lipinski definition) is 0. The van der Waals surface area contributed by atoms with E-state index < -0.39 is 0 Å². The van der Waals surface area contributed by atoms with Crippen molar-refractivity contribution in [3.63, 3.8) is 0 Å². The van der Waals surface area contributed by atoms with Crippen molar-refractivity contribution < 1.29 is 4.74 Å². The fraction of sp³-hybridized carbons (Fsp3) is 0.407. The Morgan fingerprint density at radius 2 is 2.03 bits per heavy atom. The van der Waals surface area contributed by atoms with E-state index in [2.05, 4.69) is 77.1 Å². The van der Waals surface area contributed by atoms with Crippen LogP contribution < -0.4 is 9.64 Å². The van der Waals surface area contributed by atoms with Crippen LogP contribution in [0.1, 0.15) is 23.6 Å². The van der Waals surface area contributed by atoms with Crippen LogP contribution in [-0.4, -0.2) is 67.2 Å². The summed E-state index contributed by atoms with van der Waals surface area (Å²) in [6, 6.07) is 17.8. The summed E-state index contributed by atoms with van der Waals surface area (Å²) in [6.07, 6.45) is 2.81. The molecular formula is C27H31N5O. The summed E-state index contributed by atoms with van der Waals surface area (Å²) in [5.41, 5.74) is 5.43. The summed E-state index contributed by atoms with van der Waals surface area (Å²) in [4.78, 5) is 11.8. The number of likely N-dealkylation sites (N-methyl/N-ethyl adjacent to an activating group) is 1. The van der Waals surface area contributed by atoms with Crippen LogP contribution in [-0.2, 0) is 13.0 Å². The topological polar surface area (TPSA) is 55.6 Å². The molecule has 33 heavy (non-hydrogen) atoms. The van der Waals surface area contributed by atoms with Gasteiger partial charge in [0, 0.05) is 55.5 Å². The number of nitriles is 1. The van der Waals surface area contributed by atoms with Crippen molar-refractivity contribution >= 4 is 16.6 Å². The van der Waals surface area contributed by atoms with Gasteiger partial charge in [-0.3, -0.25) is 9.88 Å². The monoisotopic (exact) mass is 441 g/mol. The van der Waals surface area contributed by atoms with E-state index in [0.29, 0.717) is 24.3 Å². The number of benzene rings is 2. The molecular weight excluding hydrogens is 410 g/mol. The van der Waals surface area contributed by atoms with Crippen molar-refractivity contribution in [2.24, 2.45) is 0 Å². The Morgan fingerprint density at radius 1 is 1.15 bits per heavy atom. The molecule has 2 atom stereocenters. The molecule has 2 aliphatic heterocycles. The van der Waals surface area contributed by atoms with Crippen molar-refractivity contribution in [1.82, 2.24) is 14.8 Å². The Labute approximate surface area is 196 Å². The van der Waals surface area contributed by atoms with Gasteiger partial charge in [-0.1, -0.05) is 6.07 Å². The first-order valence-electron chi connectivity index (χ1n) is 11.7. The van der Waals surface area contributed by atoms with Crippen LogP contribution in [0.15, 0.2) is 48.7 Å². The molecule has 0 unspecified atom stereocenters. The van der Waals surface area contributed by atoms with Gasteiger partial charge in [0.1, 0.15) is 18.4 Å². The SMILES string of the molecule is C[C@@H]1CN(c2ccc(C#N)c3ncccc23)C[C@@H]2Cc3ccc(OCCN(C)C)cc3CN21. The maximum absolute atomic E-state index is 9.50. The number of piperazine rings is 1. The lowest BCUT2D eigenvalue weighted by Crippen LogP contribution is -2.59. The highest BCUT2D eigenvalue weighted by molar-refractivity contribution is 5.95. The molecule has 0 radical (unpaired) electrons. The largest absolute Gasteiger partial charge is 0.492 e. The average molecular weight is 442 g/mol. The lowest BCUT2D eigenvalue weighted by molar-refractivity contribution is 0.101. The highest BCUT2D eigenvalue weighted by Crippen LogP contribution is 2.35. The Hall–Kier alpha value is -3.14. The number of aromatic nitrogens is 1. The van der Waals surface area contributed by atoms with Crippen molar-refractivity contribution in [1.29, 1.82) is 5.26 Å². The molecule has 3 aromatic rings. The lowest BCUT2D eigenvalue weighted by Gasteiger charge is -2.49. The van der Waals surface area contributed by atoms with Gasteiger partial charge in [-0.15, -0.1) is 0 Å². The second-order valence-corrected chi connectivity index (χ2v) is 9.51. The molecule has 1 aromatic heterocycles. The van der Waals surface area contributed by atoms with Crippen LogP contribution in [0.2, 0.25) is 0 Å².